The average molecular weight is 338 g/mol. The molecule has 0 fully saturated rings. The molecule has 1 rings (SSSR count). The van der Waals surface area contributed by atoms with E-state index in [0.717, 1.165) is 12.8 Å². The highest BCUT2D eigenvalue weighted by Crippen LogP contribution is 2.19. The molecule has 1 unspecified atom stereocenters. The molecule has 0 amide bonds. The molecule has 8 heteroatoms. The second-order valence-corrected chi connectivity index (χ2v) is 7.12. The molecular weight excluding hydrogens is 314 g/mol. The van der Waals surface area contributed by atoms with Crippen molar-refractivity contribution in [3.63, 3.8) is 0 Å². The second kappa shape index (κ2) is 8.73. The molecule has 6 nitrogen and oxygen atoms in total. The summed E-state index contributed by atoms with van der Waals surface area (Å²) in [6.45, 7) is 5.17. The van der Waals surface area contributed by atoms with Crippen LogP contribution >= 0.6 is 11.6 Å². The van der Waals surface area contributed by atoms with Gasteiger partial charge in [-0.05, 0) is 19.8 Å². The van der Waals surface area contributed by atoms with Crippen molar-refractivity contribution >= 4 is 21.6 Å². The van der Waals surface area contributed by atoms with Crippen LogP contribution in [0.25, 0.3) is 0 Å². The Balaban J connectivity index is 2.96. The Morgan fingerprint density at radius 1 is 1.52 bits per heavy atom. The first kappa shape index (κ1) is 18.4. The van der Waals surface area contributed by atoms with Crippen molar-refractivity contribution in [2.45, 2.75) is 44.2 Å². The normalized spacial score (nSPS) is 13.8. The first-order valence-corrected chi connectivity index (χ1v) is 9.04. The summed E-state index contributed by atoms with van der Waals surface area (Å²) in [5, 5.41) is 4.09. The Hall–Kier alpha value is -0.630. The molecule has 1 aromatic heterocycles. The Labute approximate surface area is 132 Å². The van der Waals surface area contributed by atoms with E-state index in [9.17, 15) is 8.42 Å². The summed E-state index contributed by atoms with van der Waals surface area (Å²) < 4.78 is 33.5. The van der Waals surface area contributed by atoms with E-state index in [1.54, 1.807) is 18.0 Å². The number of methoxy groups -OCH3 is 1. The van der Waals surface area contributed by atoms with Gasteiger partial charge in [-0.3, -0.25) is 4.68 Å². The molecular formula is C13H24ClN3O3S. The largest absolute Gasteiger partial charge is 0.383 e. The lowest BCUT2D eigenvalue weighted by Crippen LogP contribution is -2.40. The lowest BCUT2D eigenvalue weighted by molar-refractivity contribution is 0.167. The van der Waals surface area contributed by atoms with Gasteiger partial charge in [0.2, 0.25) is 10.0 Å². The predicted octanol–water partition coefficient (Wildman–Crippen LogP) is 1.95. The van der Waals surface area contributed by atoms with E-state index in [4.69, 9.17) is 16.3 Å². The number of hydrogen-bond acceptors (Lipinski definition) is 4. The molecule has 122 valence electrons. The molecule has 0 N–H and O–H groups in total. The van der Waals surface area contributed by atoms with Gasteiger partial charge in [-0.15, -0.1) is 11.6 Å². The van der Waals surface area contributed by atoms with Gasteiger partial charge < -0.3 is 4.74 Å². The van der Waals surface area contributed by atoms with Gasteiger partial charge in [0.05, 0.1) is 12.8 Å². The zero-order valence-electron chi connectivity index (χ0n) is 12.8. The van der Waals surface area contributed by atoms with E-state index in [2.05, 4.69) is 5.10 Å². The Morgan fingerprint density at radius 3 is 2.81 bits per heavy atom. The maximum absolute atomic E-state index is 12.7. The highest BCUT2D eigenvalue weighted by Gasteiger charge is 2.29. The first-order valence-electron chi connectivity index (χ1n) is 7.06. The Morgan fingerprint density at radius 2 is 2.24 bits per heavy atom. The summed E-state index contributed by atoms with van der Waals surface area (Å²) >= 11 is 5.63. The molecule has 0 aromatic carbocycles. The van der Waals surface area contributed by atoms with Gasteiger partial charge in [-0.2, -0.15) is 9.40 Å². The van der Waals surface area contributed by atoms with Crippen molar-refractivity contribution in [1.29, 1.82) is 0 Å². The number of aryl methyl sites for hydroxylation is 1. The van der Waals surface area contributed by atoms with Crippen LogP contribution in [0.3, 0.4) is 0 Å². The number of alkyl halides is 1. The van der Waals surface area contributed by atoms with Crippen molar-refractivity contribution in [2.75, 3.05) is 26.1 Å². The maximum Gasteiger partial charge on any atom is 0.246 e. The molecule has 0 spiro atoms. The lowest BCUT2D eigenvalue weighted by Gasteiger charge is -2.26. The number of ether oxygens (including phenoxy) is 1. The molecule has 0 radical (unpaired) electrons. The fourth-order valence-electron chi connectivity index (χ4n) is 1.92. The predicted molar refractivity (Wildman–Crippen MR) is 83.1 cm³/mol. The van der Waals surface area contributed by atoms with Crippen LogP contribution in [0.4, 0.5) is 0 Å². The molecule has 0 aliphatic rings. The summed E-state index contributed by atoms with van der Waals surface area (Å²) in [6, 6.07) is -0.0867. The number of nitrogens with zero attached hydrogens (tertiary/aromatic N) is 3. The topological polar surface area (TPSA) is 64.4 Å². The van der Waals surface area contributed by atoms with E-state index >= 15 is 0 Å². The molecule has 21 heavy (non-hydrogen) atoms. The van der Waals surface area contributed by atoms with Crippen LogP contribution < -0.4 is 0 Å². The molecule has 0 saturated carbocycles. The SMILES string of the molecule is CCC(C)N(CCOC)S(=O)(=O)c1cnn(CCCCl)c1. The lowest BCUT2D eigenvalue weighted by atomic mass is 10.3. The van der Waals surface area contributed by atoms with Crippen LogP contribution in [0.2, 0.25) is 0 Å². The summed E-state index contributed by atoms with van der Waals surface area (Å²) in [7, 11) is -1.99. The number of halogens is 1. The third-order valence-electron chi connectivity index (χ3n) is 3.34. The maximum atomic E-state index is 12.7. The summed E-state index contributed by atoms with van der Waals surface area (Å²) in [6.07, 6.45) is 4.45. The summed E-state index contributed by atoms with van der Waals surface area (Å²) in [5.41, 5.74) is 0. The van der Waals surface area contributed by atoms with E-state index in [-0.39, 0.29) is 10.9 Å². The fourth-order valence-corrected chi connectivity index (χ4v) is 3.68. The third kappa shape index (κ3) is 4.95. The summed E-state index contributed by atoms with van der Waals surface area (Å²) in [5.74, 6) is 0.523. The van der Waals surface area contributed by atoms with Crippen LogP contribution in [-0.4, -0.2) is 54.7 Å². The zero-order valence-corrected chi connectivity index (χ0v) is 14.4. The number of rotatable bonds is 10. The minimum atomic E-state index is -3.55. The number of hydrogen-bond donors (Lipinski definition) is 0. The minimum Gasteiger partial charge on any atom is -0.383 e. The highest BCUT2D eigenvalue weighted by molar-refractivity contribution is 7.89. The van der Waals surface area contributed by atoms with Gasteiger partial charge >= 0.3 is 0 Å². The first-order chi connectivity index (χ1) is 9.97. The molecule has 1 aromatic rings. The van der Waals surface area contributed by atoms with Crippen LogP contribution in [0.5, 0.6) is 0 Å². The molecule has 1 atom stereocenters. The number of sulfonamides is 1. The third-order valence-corrected chi connectivity index (χ3v) is 5.57. The van der Waals surface area contributed by atoms with Gasteiger partial charge in [-0.1, -0.05) is 6.92 Å². The zero-order chi connectivity index (χ0) is 15.9. The average Bonchev–Trinajstić information content (AvgIpc) is 2.94. The molecule has 1 heterocycles. The van der Waals surface area contributed by atoms with E-state index in [1.807, 2.05) is 13.8 Å². The van der Waals surface area contributed by atoms with E-state index < -0.39 is 10.0 Å². The quantitative estimate of drug-likeness (QED) is 0.612. The van der Waals surface area contributed by atoms with Gasteiger partial charge in [-0.25, -0.2) is 8.42 Å². The minimum absolute atomic E-state index is 0.0867. The number of aromatic nitrogens is 2. The van der Waals surface area contributed by atoms with Crippen LogP contribution in [0.15, 0.2) is 17.3 Å². The molecule has 0 saturated heterocycles. The van der Waals surface area contributed by atoms with Crippen LogP contribution in [0.1, 0.15) is 26.7 Å². The standard InChI is InChI=1S/C13H24ClN3O3S/c1-4-12(2)17(8-9-20-3)21(18,19)13-10-15-16(11-13)7-5-6-14/h10-12H,4-9H2,1-3H3. The smallest absolute Gasteiger partial charge is 0.246 e. The van der Waals surface area contributed by atoms with Gasteiger partial charge in [0.25, 0.3) is 0 Å². The Bertz CT molecular complexity index is 518. The molecule has 0 bridgehead atoms. The highest BCUT2D eigenvalue weighted by atomic mass is 35.5. The molecule has 0 aliphatic carbocycles. The van der Waals surface area contributed by atoms with Crippen molar-refractivity contribution in [1.82, 2.24) is 14.1 Å². The Kier molecular flexibility index (Phi) is 7.65. The monoisotopic (exact) mass is 337 g/mol. The van der Waals surface area contributed by atoms with Gasteiger partial charge in [0.1, 0.15) is 4.90 Å². The van der Waals surface area contributed by atoms with E-state index in [1.165, 1.54) is 10.5 Å². The van der Waals surface area contributed by atoms with Crippen molar-refractivity contribution < 1.29 is 13.2 Å². The van der Waals surface area contributed by atoms with Crippen molar-refractivity contribution in [3.8, 4) is 0 Å². The fraction of sp³-hybridized carbons (Fsp3) is 0.769. The van der Waals surface area contributed by atoms with Gasteiger partial charge in [0.15, 0.2) is 0 Å². The summed E-state index contributed by atoms with van der Waals surface area (Å²) in [4.78, 5) is 0.216. The van der Waals surface area contributed by atoms with Crippen LogP contribution in [0, 0.1) is 0 Å². The molecule has 0 aliphatic heterocycles. The van der Waals surface area contributed by atoms with E-state index in [0.29, 0.717) is 25.6 Å². The van der Waals surface area contributed by atoms with Crippen molar-refractivity contribution in [3.05, 3.63) is 12.4 Å². The van der Waals surface area contributed by atoms with Crippen LogP contribution in [-0.2, 0) is 21.3 Å². The van der Waals surface area contributed by atoms with Crippen molar-refractivity contribution in [2.24, 2.45) is 0 Å². The second-order valence-electron chi connectivity index (χ2n) is 4.85. The van der Waals surface area contributed by atoms with Gasteiger partial charge in [0, 0.05) is 38.3 Å².